The second-order valence-corrected chi connectivity index (χ2v) is 5.97. The van der Waals surface area contributed by atoms with Crippen molar-refractivity contribution < 1.29 is 13.9 Å². The molecular weight excluding hydrogens is 340 g/mol. The van der Waals surface area contributed by atoms with E-state index in [0.717, 1.165) is 10.4 Å². The average molecular weight is 350 g/mol. The molecule has 0 fully saturated rings. The summed E-state index contributed by atoms with van der Waals surface area (Å²) in [6, 6.07) is 5.55. The highest BCUT2D eigenvalue weighted by atomic mass is 79.9. The molecule has 0 atom stereocenters. The van der Waals surface area contributed by atoms with E-state index in [0.29, 0.717) is 21.4 Å². The molecular formula is C12H10BrClO3S. The fraction of sp³-hybridized carbons (Fsp3) is 0.250. The van der Waals surface area contributed by atoms with Crippen molar-refractivity contribution in [2.75, 3.05) is 6.61 Å². The summed E-state index contributed by atoms with van der Waals surface area (Å²) in [5.41, 5.74) is 0.867. The number of furan rings is 1. The van der Waals surface area contributed by atoms with Gasteiger partial charge >= 0.3 is 5.97 Å². The predicted molar refractivity (Wildman–Crippen MR) is 75.1 cm³/mol. The SMILES string of the molecule is CCOC(=O)Cc1oc(Br)cc1-c1ccc(Cl)s1. The van der Waals surface area contributed by atoms with Gasteiger partial charge in [-0.25, -0.2) is 0 Å². The standard InChI is InChI=1S/C12H10BrClO3S/c1-2-16-12(15)6-8-7(5-10(13)17-8)9-3-4-11(14)18-9/h3-5H,2,6H2,1H3. The Morgan fingerprint density at radius 2 is 2.33 bits per heavy atom. The zero-order valence-electron chi connectivity index (χ0n) is 9.54. The zero-order chi connectivity index (χ0) is 13.1. The van der Waals surface area contributed by atoms with Gasteiger partial charge in [-0.15, -0.1) is 11.3 Å². The molecule has 0 aliphatic carbocycles. The fourth-order valence-corrected chi connectivity index (χ4v) is 3.04. The van der Waals surface area contributed by atoms with E-state index in [-0.39, 0.29) is 12.4 Å². The molecule has 3 nitrogen and oxygen atoms in total. The third-order valence-corrected chi connectivity index (χ3v) is 3.88. The van der Waals surface area contributed by atoms with E-state index in [1.807, 2.05) is 18.2 Å². The molecule has 0 bridgehead atoms. The largest absolute Gasteiger partial charge is 0.466 e. The monoisotopic (exact) mass is 348 g/mol. The molecule has 0 spiro atoms. The Morgan fingerprint density at radius 1 is 1.56 bits per heavy atom. The quantitative estimate of drug-likeness (QED) is 0.761. The van der Waals surface area contributed by atoms with Gasteiger partial charge in [0.1, 0.15) is 12.2 Å². The summed E-state index contributed by atoms with van der Waals surface area (Å²) in [6.07, 6.45) is 0.115. The number of hydrogen-bond donors (Lipinski definition) is 0. The van der Waals surface area contributed by atoms with E-state index < -0.39 is 0 Å². The number of thiophene rings is 1. The molecule has 0 unspecified atom stereocenters. The summed E-state index contributed by atoms with van der Waals surface area (Å²) < 4.78 is 11.7. The van der Waals surface area contributed by atoms with Crippen molar-refractivity contribution in [3.8, 4) is 10.4 Å². The molecule has 2 heterocycles. The molecule has 0 radical (unpaired) electrons. The van der Waals surface area contributed by atoms with Crippen molar-refractivity contribution in [2.45, 2.75) is 13.3 Å². The van der Waals surface area contributed by atoms with Crippen LogP contribution < -0.4 is 0 Å². The Bertz CT molecular complexity index is 561. The number of rotatable bonds is 4. The van der Waals surface area contributed by atoms with Crippen LogP contribution in [0.3, 0.4) is 0 Å². The molecule has 2 rings (SSSR count). The van der Waals surface area contributed by atoms with E-state index in [1.165, 1.54) is 11.3 Å². The van der Waals surface area contributed by atoms with Crippen LogP contribution in [0, 0.1) is 0 Å². The van der Waals surface area contributed by atoms with Crippen molar-refractivity contribution >= 4 is 44.8 Å². The van der Waals surface area contributed by atoms with Crippen LogP contribution in [0.25, 0.3) is 10.4 Å². The first kappa shape index (κ1) is 13.6. The van der Waals surface area contributed by atoms with Crippen molar-refractivity contribution in [1.82, 2.24) is 0 Å². The van der Waals surface area contributed by atoms with E-state index in [2.05, 4.69) is 15.9 Å². The fourth-order valence-electron chi connectivity index (χ4n) is 1.54. The number of ether oxygens (including phenoxy) is 1. The van der Waals surface area contributed by atoms with Gasteiger partial charge in [-0.05, 0) is 35.0 Å². The summed E-state index contributed by atoms with van der Waals surface area (Å²) in [4.78, 5) is 12.5. The van der Waals surface area contributed by atoms with Gasteiger partial charge in [-0.2, -0.15) is 0 Å². The minimum Gasteiger partial charge on any atom is -0.466 e. The predicted octanol–water partition coefficient (Wildman–Crippen LogP) is 4.53. The molecule has 0 N–H and O–H groups in total. The summed E-state index contributed by atoms with van der Waals surface area (Å²) in [5.74, 6) is 0.280. The summed E-state index contributed by atoms with van der Waals surface area (Å²) in [5, 5.41) is 0. The first-order valence-corrected chi connectivity index (χ1v) is 7.28. The molecule has 18 heavy (non-hydrogen) atoms. The Labute approximate surface area is 122 Å². The first-order chi connectivity index (χ1) is 8.60. The Kier molecular flexibility index (Phi) is 4.48. The molecule has 0 amide bonds. The lowest BCUT2D eigenvalue weighted by Gasteiger charge is -2.01. The number of hydrogen-bond acceptors (Lipinski definition) is 4. The third-order valence-electron chi connectivity index (χ3n) is 2.23. The maximum absolute atomic E-state index is 11.5. The Morgan fingerprint density at radius 3 is 2.94 bits per heavy atom. The topological polar surface area (TPSA) is 39.4 Å². The van der Waals surface area contributed by atoms with Gasteiger partial charge in [0, 0.05) is 16.5 Å². The van der Waals surface area contributed by atoms with Crippen LogP contribution in [-0.2, 0) is 16.0 Å². The second-order valence-electron chi connectivity index (χ2n) is 3.47. The maximum atomic E-state index is 11.5. The van der Waals surface area contributed by atoms with Gasteiger partial charge < -0.3 is 9.15 Å². The number of carbonyl (C=O) groups excluding carboxylic acids is 1. The molecule has 0 aliphatic rings. The molecule has 6 heteroatoms. The smallest absolute Gasteiger partial charge is 0.313 e. The first-order valence-electron chi connectivity index (χ1n) is 5.29. The summed E-state index contributed by atoms with van der Waals surface area (Å²) in [6.45, 7) is 2.14. The second kappa shape index (κ2) is 5.91. The molecule has 96 valence electrons. The summed E-state index contributed by atoms with van der Waals surface area (Å²) in [7, 11) is 0. The lowest BCUT2D eigenvalue weighted by molar-refractivity contribution is -0.142. The number of esters is 1. The highest BCUT2D eigenvalue weighted by Crippen LogP contribution is 2.36. The van der Waals surface area contributed by atoms with Gasteiger partial charge in [0.05, 0.1) is 10.9 Å². The lowest BCUT2D eigenvalue weighted by atomic mass is 10.2. The van der Waals surface area contributed by atoms with Crippen LogP contribution in [-0.4, -0.2) is 12.6 Å². The van der Waals surface area contributed by atoms with Crippen molar-refractivity contribution in [3.05, 3.63) is 33.0 Å². The third kappa shape index (κ3) is 3.16. The van der Waals surface area contributed by atoms with E-state index in [4.69, 9.17) is 20.8 Å². The minimum absolute atomic E-state index is 0.115. The van der Waals surface area contributed by atoms with E-state index in [9.17, 15) is 4.79 Å². The molecule has 2 aromatic rings. The van der Waals surface area contributed by atoms with Crippen LogP contribution in [0.15, 0.2) is 27.3 Å². The van der Waals surface area contributed by atoms with E-state index >= 15 is 0 Å². The van der Waals surface area contributed by atoms with Crippen molar-refractivity contribution in [3.63, 3.8) is 0 Å². The average Bonchev–Trinajstić information content (AvgIpc) is 2.85. The molecule has 2 aromatic heterocycles. The minimum atomic E-state index is -0.303. The van der Waals surface area contributed by atoms with Crippen LogP contribution in [0.5, 0.6) is 0 Å². The van der Waals surface area contributed by atoms with Gasteiger partial charge in [0.2, 0.25) is 0 Å². The van der Waals surface area contributed by atoms with Gasteiger partial charge in [-0.1, -0.05) is 11.6 Å². The van der Waals surface area contributed by atoms with Gasteiger partial charge in [0.15, 0.2) is 4.67 Å². The van der Waals surface area contributed by atoms with Crippen LogP contribution in [0.2, 0.25) is 4.34 Å². The maximum Gasteiger partial charge on any atom is 0.313 e. The molecule has 0 aromatic carbocycles. The normalized spacial score (nSPS) is 10.6. The van der Waals surface area contributed by atoms with Crippen LogP contribution >= 0.6 is 38.9 Å². The zero-order valence-corrected chi connectivity index (χ0v) is 12.7. The molecule has 0 saturated heterocycles. The van der Waals surface area contributed by atoms with Gasteiger partial charge in [-0.3, -0.25) is 4.79 Å². The number of carbonyl (C=O) groups is 1. The van der Waals surface area contributed by atoms with Crippen LogP contribution in [0.4, 0.5) is 0 Å². The Hall–Kier alpha value is -0.780. The highest BCUT2D eigenvalue weighted by molar-refractivity contribution is 9.10. The van der Waals surface area contributed by atoms with Gasteiger partial charge in [0.25, 0.3) is 0 Å². The van der Waals surface area contributed by atoms with E-state index in [1.54, 1.807) is 6.92 Å². The highest BCUT2D eigenvalue weighted by Gasteiger charge is 2.17. The van der Waals surface area contributed by atoms with Crippen molar-refractivity contribution in [2.24, 2.45) is 0 Å². The van der Waals surface area contributed by atoms with Crippen LogP contribution in [0.1, 0.15) is 12.7 Å². The number of halogens is 2. The van der Waals surface area contributed by atoms with Crippen molar-refractivity contribution in [1.29, 1.82) is 0 Å². The molecule has 0 saturated carbocycles. The Balaban J connectivity index is 2.28. The molecule has 0 aliphatic heterocycles. The lowest BCUT2D eigenvalue weighted by Crippen LogP contribution is -2.07. The summed E-state index contributed by atoms with van der Waals surface area (Å²) >= 11 is 10.6.